The van der Waals surface area contributed by atoms with Crippen LogP contribution in [0, 0.1) is 28.6 Å². The summed E-state index contributed by atoms with van der Waals surface area (Å²) < 4.78 is 10.8. The predicted molar refractivity (Wildman–Crippen MR) is 183 cm³/mol. The number of fused-ring (bicyclic) bond motifs is 5. The summed E-state index contributed by atoms with van der Waals surface area (Å²) in [5.74, 6) is 4.06. The monoisotopic (exact) mass is 631 g/mol. The van der Waals surface area contributed by atoms with Crippen LogP contribution >= 0.6 is 11.9 Å². The van der Waals surface area contributed by atoms with Crippen molar-refractivity contribution < 1.29 is 9.53 Å². The van der Waals surface area contributed by atoms with E-state index in [2.05, 4.69) is 53.9 Å². The summed E-state index contributed by atoms with van der Waals surface area (Å²) in [5.41, 5.74) is 1.74. The van der Waals surface area contributed by atoms with Gasteiger partial charge in [-0.05, 0) is 106 Å². The average Bonchev–Trinajstić information content (AvgIpc) is 3.98. The number of aliphatic imine (C=N–C) groups is 1. The van der Waals surface area contributed by atoms with Gasteiger partial charge < -0.3 is 15.0 Å². The van der Waals surface area contributed by atoms with Crippen molar-refractivity contribution >= 4 is 28.7 Å². The van der Waals surface area contributed by atoms with E-state index in [-0.39, 0.29) is 11.4 Å². The lowest BCUT2D eigenvalue weighted by Gasteiger charge is -2.34. The van der Waals surface area contributed by atoms with Crippen LogP contribution in [0.5, 0.6) is 5.88 Å². The number of pyridine rings is 1. The molecule has 2 spiro atoms. The first kappa shape index (κ1) is 31.7. The molecule has 2 unspecified atom stereocenters. The van der Waals surface area contributed by atoms with Crippen LogP contribution in [-0.2, 0) is 0 Å². The van der Waals surface area contributed by atoms with Gasteiger partial charge >= 0.3 is 0 Å². The molecule has 5 aliphatic rings. The van der Waals surface area contributed by atoms with E-state index in [1.807, 2.05) is 38.2 Å². The van der Waals surface area contributed by atoms with Crippen molar-refractivity contribution in [3.63, 3.8) is 0 Å². The predicted octanol–water partition coefficient (Wildman–Crippen LogP) is 6.92. The highest BCUT2D eigenvalue weighted by Gasteiger charge is 2.85. The van der Waals surface area contributed by atoms with E-state index in [9.17, 15) is 4.79 Å². The molecule has 2 bridgehead atoms. The molecule has 2 aromatic heterocycles. The number of hydrogen-bond acceptors (Lipinski definition) is 8. The van der Waals surface area contributed by atoms with E-state index < -0.39 is 0 Å². The molecular weight excluding hydrogens is 582 g/mol. The molecule has 2 N–H and O–H groups in total. The highest BCUT2D eigenvalue weighted by molar-refractivity contribution is 8.13. The summed E-state index contributed by atoms with van der Waals surface area (Å²) in [6, 6.07) is 5.61. The summed E-state index contributed by atoms with van der Waals surface area (Å²) in [5, 5.41) is 8.59. The summed E-state index contributed by atoms with van der Waals surface area (Å²) in [6.45, 7) is 21.0. The molecule has 10 heteroatoms. The highest BCUT2D eigenvalue weighted by atomic mass is 32.2. The van der Waals surface area contributed by atoms with Gasteiger partial charge in [0.25, 0.3) is 5.91 Å². The van der Waals surface area contributed by atoms with Gasteiger partial charge in [-0.1, -0.05) is 33.9 Å². The van der Waals surface area contributed by atoms with Crippen LogP contribution < -0.4 is 19.7 Å². The first-order chi connectivity index (χ1) is 21.7. The number of carbonyl (C=O) groups excluding carboxylic acids is 1. The van der Waals surface area contributed by atoms with Gasteiger partial charge in [-0.25, -0.2) is 14.7 Å². The SMILES string of the molecule is C=C/C1=N\C(=C)NCCC(C)C2CN(c3nc(-n4ccc(OCCC5C6(CC6)C56CC6)n4)ccc3C(=O)NS1)C(C)(C)C2.CC. The third kappa shape index (κ3) is 5.90. The maximum Gasteiger partial charge on any atom is 0.265 e. The molecule has 0 aromatic carbocycles. The largest absolute Gasteiger partial charge is 0.477 e. The van der Waals surface area contributed by atoms with E-state index in [1.165, 1.54) is 25.7 Å². The average molecular weight is 632 g/mol. The molecule has 2 aliphatic heterocycles. The molecule has 45 heavy (non-hydrogen) atoms. The Kier molecular flexibility index (Phi) is 8.56. The van der Waals surface area contributed by atoms with E-state index in [0.29, 0.717) is 63.2 Å². The van der Waals surface area contributed by atoms with Crippen LogP contribution in [0.1, 0.15) is 89.9 Å². The maximum absolute atomic E-state index is 13.6. The van der Waals surface area contributed by atoms with Gasteiger partial charge in [-0.3, -0.25) is 9.52 Å². The zero-order valence-corrected chi connectivity index (χ0v) is 28.4. The van der Waals surface area contributed by atoms with E-state index in [1.54, 1.807) is 10.8 Å². The number of ether oxygens (including phenoxy) is 1. The van der Waals surface area contributed by atoms with Crippen molar-refractivity contribution in [1.82, 2.24) is 24.8 Å². The van der Waals surface area contributed by atoms with Crippen LogP contribution in [-0.4, -0.2) is 51.0 Å². The number of nitrogens with zero attached hydrogens (tertiary/aromatic N) is 5. The lowest BCUT2D eigenvalue weighted by atomic mass is 9.86. The van der Waals surface area contributed by atoms with Crippen LogP contribution in [0.3, 0.4) is 0 Å². The Morgan fingerprint density at radius 1 is 1.16 bits per heavy atom. The molecule has 242 valence electrons. The lowest BCUT2D eigenvalue weighted by Crippen LogP contribution is -2.40. The quantitative estimate of drug-likeness (QED) is 0.334. The molecule has 2 aromatic rings. The Morgan fingerprint density at radius 3 is 2.58 bits per heavy atom. The Morgan fingerprint density at radius 2 is 1.89 bits per heavy atom. The molecule has 0 radical (unpaired) electrons. The van der Waals surface area contributed by atoms with Crippen molar-refractivity contribution in [3.05, 3.63) is 55.0 Å². The standard InChI is InChI=1S/C33H43N7O2S.C2H6/c1-6-28-35-22(3)34-16-9-21(2)23-19-31(4,5)39(20-23)29-24(30(41)38-43-28)7-8-26(36-29)40-17-10-27(37-40)42-18-11-25-32(12-13-32)33(25)14-15-33;1-2/h6-8,10,17,21,23,25,34H,1,3,9,11-16,18-20H2,2,4-5H3,(H,38,41);1-2H3/b35-28+;. The van der Waals surface area contributed by atoms with E-state index in [0.717, 1.165) is 50.2 Å². The minimum atomic E-state index is -0.235. The third-order valence-electron chi connectivity index (χ3n) is 10.9. The first-order valence-corrected chi connectivity index (χ1v) is 17.6. The Balaban J connectivity index is 0.00000175. The Bertz CT molecular complexity index is 1470. The van der Waals surface area contributed by atoms with E-state index in [4.69, 9.17) is 14.8 Å². The Labute approximate surface area is 272 Å². The Hall–Kier alpha value is -3.27. The molecule has 4 heterocycles. The number of rotatable bonds is 6. The van der Waals surface area contributed by atoms with Crippen LogP contribution in [0.2, 0.25) is 0 Å². The fraction of sp³-hybridized carbons (Fsp3) is 0.600. The van der Waals surface area contributed by atoms with Crippen LogP contribution in [0.15, 0.2) is 54.4 Å². The molecule has 4 fully saturated rings. The second-order valence-corrected chi connectivity index (χ2v) is 14.7. The molecule has 2 atom stereocenters. The second kappa shape index (κ2) is 12.2. The van der Waals surface area contributed by atoms with Crippen molar-refractivity contribution in [3.8, 4) is 11.7 Å². The minimum absolute atomic E-state index is 0.173. The smallest absolute Gasteiger partial charge is 0.265 e. The second-order valence-electron chi connectivity index (χ2n) is 13.9. The minimum Gasteiger partial charge on any atom is -0.477 e. The van der Waals surface area contributed by atoms with Gasteiger partial charge in [0.1, 0.15) is 16.7 Å². The molecular formula is C35H49N7O2S. The summed E-state index contributed by atoms with van der Waals surface area (Å²) in [4.78, 5) is 25.5. The maximum atomic E-state index is 13.6. The molecule has 9 nitrogen and oxygen atoms in total. The molecule has 3 aliphatic carbocycles. The van der Waals surface area contributed by atoms with Gasteiger partial charge in [0.2, 0.25) is 5.88 Å². The summed E-state index contributed by atoms with van der Waals surface area (Å²) in [6.07, 6.45) is 12.4. The van der Waals surface area contributed by atoms with E-state index >= 15 is 0 Å². The fourth-order valence-electron chi connectivity index (χ4n) is 8.27. The highest BCUT2D eigenvalue weighted by Crippen LogP contribution is 2.93. The number of hydrogen-bond donors (Lipinski definition) is 2. The molecule has 3 saturated carbocycles. The zero-order chi connectivity index (χ0) is 32.0. The number of amides is 1. The van der Waals surface area contributed by atoms with Gasteiger partial charge in [0.05, 0.1) is 12.2 Å². The number of nitrogens with one attached hydrogen (secondary N) is 2. The van der Waals surface area contributed by atoms with Gasteiger partial charge in [0, 0.05) is 42.8 Å². The molecule has 7 rings (SSSR count). The number of aromatic nitrogens is 3. The number of carbonyl (C=O) groups is 1. The lowest BCUT2D eigenvalue weighted by molar-refractivity contribution is 0.0984. The van der Waals surface area contributed by atoms with Gasteiger partial charge in [0.15, 0.2) is 5.82 Å². The number of anilines is 1. The topological polar surface area (TPSA) is 96.7 Å². The zero-order valence-electron chi connectivity index (χ0n) is 27.6. The van der Waals surface area contributed by atoms with Gasteiger partial charge in [-0.15, -0.1) is 5.10 Å². The summed E-state index contributed by atoms with van der Waals surface area (Å²) in [7, 11) is 0. The van der Waals surface area contributed by atoms with Crippen molar-refractivity contribution in [2.45, 2.75) is 85.1 Å². The molecule has 1 saturated heterocycles. The van der Waals surface area contributed by atoms with Crippen molar-refractivity contribution in [2.75, 3.05) is 24.6 Å². The van der Waals surface area contributed by atoms with Gasteiger partial charge in [-0.2, -0.15) is 0 Å². The normalized spacial score (nSPS) is 27.0. The fourth-order valence-corrected chi connectivity index (χ4v) is 8.81. The van der Waals surface area contributed by atoms with Crippen molar-refractivity contribution in [2.24, 2.45) is 33.6 Å². The first-order valence-electron chi connectivity index (χ1n) is 16.7. The van der Waals surface area contributed by atoms with Crippen LogP contribution in [0.25, 0.3) is 5.82 Å². The van der Waals surface area contributed by atoms with Crippen molar-refractivity contribution in [1.29, 1.82) is 0 Å². The summed E-state index contributed by atoms with van der Waals surface area (Å²) >= 11 is 1.12. The van der Waals surface area contributed by atoms with Crippen LogP contribution in [0.4, 0.5) is 5.82 Å². The molecule has 1 amide bonds. The third-order valence-corrected chi connectivity index (χ3v) is 11.7.